The van der Waals surface area contributed by atoms with E-state index in [0.29, 0.717) is 23.7 Å². The zero-order chi connectivity index (χ0) is 34.9. The van der Waals surface area contributed by atoms with Gasteiger partial charge >= 0.3 is 0 Å². The molecule has 8 atom stereocenters. The summed E-state index contributed by atoms with van der Waals surface area (Å²) in [6.07, 6.45) is 31.9. The summed E-state index contributed by atoms with van der Waals surface area (Å²) in [7, 11) is 0. The van der Waals surface area contributed by atoms with Gasteiger partial charge in [-0.15, -0.1) is 0 Å². The number of amidine groups is 2. The topological polar surface area (TPSA) is 72.0 Å². The van der Waals surface area contributed by atoms with Gasteiger partial charge in [0.1, 0.15) is 28.4 Å². The SMILES string of the molecule is CC1C=CC(c2nc3c(o2)=CC(C2=CC4(C)Oc5ccc(C6=NC(C7=CCCC=C7)N=C(C7=CC=CCC7C)N6)cc5C4CC2C)C(C)C=3)=CC1. The van der Waals surface area contributed by atoms with E-state index in [1.54, 1.807) is 0 Å². The smallest absolute Gasteiger partial charge is 0.226 e. The maximum absolute atomic E-state index is 6.88. The summed E-state index contributed by atoms with van der Waals surface area (Å²) >= 11 is 0. The number of allylic oxidation sites excluding steroid dienone is 10. The molecular weight excluding hydrogens is 629 g/mol. The lowest BCUT2D eigenvalue weighted by Gasteiger charge is -2.39. The molecule has 51 heavy (non-hydrogen) atoms. The minimum atomic E-state index is -0.430. The molecule has 1 N–H and O–H groups in total. The van der Waals surface area contributed by atoms with Crippen LogP contribution in [0.5, 0.6) is 5.75 Å². The number of nitrogens with zero attached hydrogens (tertiary/aromatic N) is 3. The van der Waals surface area contributed by atoms with Gasteiger partial charge in [-0.2, -0.15) is 0 Å². The molecule has 0 saturated heterocycles. The first-order valence-electron chi connectivity index (χ1n) is 19.0. The van der Waals surface area contributed by atoms with E-state index in [4.69, 9.17) is 24.1 Å². The summed E-state index contributed by atoms with van der Waals surface area (Å²) in [5, 5.41) is 4.63. The molecule has 0 spiro atoms. The van der Waals surface area contributed by atoms with Crippen LogP contribution >= 0.6 is 0 Å². The first-order valence-corrected chi connectivity index (χ1v) is 19.0. The van der Waals surface area contributed by atoms with E-state index in [1.165, 1.54) is 22.3 Å². The highest BCUT2D eigenvalue weighted by atomic mass is 16.5. The molecule has 260 valence electrons. The second kappa shape index (κ2) is 12.5. The summed E-state index contributed by atoms with van der Waals surface area (Å²) in [4.78, 5) is 15.3. The van der Waals surface area contributed by atoms with Gasteiger partial charge in [0.15, 0.2) is 11.6 Å². The summed E-state index contributed by atoms with van der Waals surface area (Å²) < 4.78 is 13.3. The number of nitrogens with one attached hydrogen (secondary N) is 1. The lowest BCUT2D eigenvalue weighted by atomic mass is 9.67. The van der Waals surface area contributed by atoms with Crippen LogP contribution in [0.3, 0.4) is 0 Å². The highest BCUT2D eigenvalue weighted by molar-refractivity contribution is 6.16. The maximum atomic E-state index is 6.88. The highest BCUT2D eigenvalue weighted by Gasteiger charge is 2.48. The molecule has 1 aromatic heterocycles. The Kier molecular flexibility index (Phi) is 7.90. The van der Waals surface area contributed by atoms with Crippen molar-refractivity contribution in [3.05, 3.63) is 123 Å². The molecule has 3 heterocycles. The Morgan fingerprint density at radius 3 is 2.61 bits per heavy atom. The first-order chi connectivity index (χ1) is 24.7. The number of benzene rings is 1. The van der Waals surface area contributed by atoms with Gasteiger partial charge < -0.3 is 14.5 Å². The number of aromatic nitrogens is 1. The average Bonchev–Trinajstić information content (AvgIpc) is 3.68. The molecule has 7 aliphatic rings. The predicted molar refractivity (Wildman–Crippen MR) is 207 cm³/mol. The fourth-order valence-corrected chi connectivity index (χ4v) is 8.99. The number of ether oxygens (including phenoxy) is 1. The van der Waals surface area contributed by atoms with E-state index in [0.717, 1.165) is 77.3 Å². The van der Waals surface area contributed by atoms with E-state index < -0.39 is 5.60 Å². The standard InChI is InChI=1S/C45H48N4O2/c1-26-15-17-31(18-16-26)44-46-38-22-29(4)34(24-40(38)50-44)36-25-45(5)37(21-28(36)3)35-23-32(19-20-39(35)51-45)42-47-41(30-12-7-6-8-13-30)48-43(49-42)33-14-10-9-11-27(33)2/h7,9-10,12-15,17-20,22-29,34,37,41H,6,8,11,16,21H2,1-5H3,(H,47,48,49). The lowest BCUT2D eigenvalue weighted by Crippen LogP contribution is -2.40. The van der Waals surface area contributed by atoms with Crippen molar-refractivity contribution in [2.75, 3.05) is 0 Å². The Bertz CT molecular complexity index is 2200. The number of hydrogen-bond donors (Lipinski definition) is 1. The minimum absolute atomic E-state index is 0.231. The van der Waals surface area contributed by atoms with Crippen molar-refractivity contribution < 1.29 is 9.15 Å². The molecular formula is C45H48N4O2. The minimum Gasteiger partial charge on any atom is -0.483 e. The van der Waals surface area contributed by atoms with Gasteiger partial charge in [0.25, 0.3) is 0 Å². The van der Waals surface area contributed by atoms with E-state index in [2.05, 4.69) is 131 Å². The number of fused-ring (bicyclic) bond motifs is 4. The van der Waals surface area contributed by atoms with Crippen molar-refractivity contribution in [2.45, 2.75) is 84.4 Å². The Morgan fingerprint density at radius 1 is 0.922 bits per heavy atom. The molecule has 6 heteroatoms. The van der Waals surface area contributed by atoms with Gasteiger partial charge in [0.05, 0.1) is 0 Å². The third-order valence-corrected chi connectivity index (χ3v) is 12.0. The number of rotatable bonds is 5. The largest absolute Gasteiger partial charge is 0.483 e. The van der Waals surface area contributed by atoms with Crippen molar-refractivity contribution in [2.24, 2.45) is 39.6 Å². The van der Waals surface area contributed by atoms with Crippen LogP contribution in [0.15, 0.2) is 110 Å². The van der Waals surface area contributed by atoms with E-state index in [9.17, 15) is 0 Å². The third kappa shape index (κ3) is 5.77. The van der Waals surface area contributed by atoms with E-state index in [1.807, 2.05) is 0 Å². The molecule has 0 saturated carbocycles. The maximum Gasteiger partial charge on any atom is 0.226 e. The Morgan fingerprint density at radius 2 is 1.80 bits per heavy atom. The Labute approximate surface area is 301 Å². The monoisotopic (exact) mass is 676 g/mol. The highest BCUT2D eigenvalue weighted by Crippen LogP contribution is 2.54. The van der Waals surface area contributed by atoms with Crippen LogP contribution in [-0.4, -0.2) is 28.4 Å². The van der Waals surface area contributed by atoms with Crippen LogP contribution in [0.2, 0.25) is 0 Å². The lowest BCUT2D eigenvalue weighted by molar-refractivity contribution is 0.120. The van der Waals surface area contributed by atoms with Crippen molar-refractivity contribution in [3.8, 4) is 5.75 Å². The first kappa shape index (κ1) is 32.2. The summed E-state index contributed by atoms with van der Waals surface area (Å²) in [5.41, 5.74) is 7.73. The second-order valence-electron chi connectivity index (χ2n) is 15.9. The van der Waals surface area contributed by atoms with Gasteiger partial charge in [-0.25, -0.2) is 15.0 Å². The quantitative estimate of drug-likeness (QED) is 0.324. The normalized spacial score (nSPS) is 33.4. The van der Waals surface area contributed by atoms with Gasteiger partial charge in [-0.3, -0.25) is 0 Å². The molecule has 0 radical (unpaired) electrons. The molecule has 0 bridgehead atoms. The van der Waals surface area contributed by atoms with E-state index in [-0.39, 0.29) is 18.0 Å². The third-order valence-electron chi connectivity index (χ3n) is 12.0. The summed E-state index contributed by atoms with van der Waals surface area (Å²) in [6.45, 7) is 11.5. The van der Waals surface area contributed by atoms with Gasteiger partial charge in [0, 0.05) is 28.5 Å². The average molecular weight is 677 g/mol. The van der Waals surface area contributed by atoms with Crippen molar-refractivity contribution in [1.82, 2.24) is 10.3 Å². The Hall–Kier alpha value is -4.71. The molecule has 2 aliphatic heterocycles. The van der Waals surface area contributed by atoms with Crippen molar-refractivity contribution >= 4 is 29.4 Å². The van der Waals surface area contributed by atoms with Crippen LogP contribution < -0.4 is 20.8 Å². The predicted octanol–water partition coefficient (Wildman–Crippen LogP) is 8.26. The van der Waals surface area contributed by atoms with Crippen LogP contribution in [0.4, 0.5) is 0 Å². The zero-order valence-electron chi connectivity index (χ0n) is 30.4. The Balaban J connectivity index is 1.02. The van der Waals surface area contributed by atoms with Crippen LogP contribution in [0.1, 0.15) is 89.7 Å². The van der Waals surface area contributed by atoms with Crippen LogP contribution in [-0.2, 0) is 0 Å². The van der Waals surface area contributed by atoms with Crippen LogP contribution in [0.25, 0.3) is 17.7 Å². The zero-order valence-corrected chi connectivity index (χ0v) is 30.4. The molecule has 8 unspecified atom stereocenters. The van der Waals surface area contributed by atoms with Gasteiger partial charge in [0.2, 0.25) is 5.89 Å². The molecule has 2 aromatic rings. The van der Waals surface area contributed by atoms with Gasteiger partial charge in [-0.1, -0.05) is 94.0 Å². The molecule has 5 aliphatic carbocycles. The van der Waals surface area contributed by atoms with Gasteiger partial charge in [-0.05, 0) is 104 Å². The number of oxazole rings is 1. The fraction of sp³-hybridized carbons (Fsp3) is 0.400. The number of aliphatic imine (C=N–C) groups is 2. The molecule has 9 rings (SSSR count). The molecule has 6 nitrogen and oxygen atoms in total. The summed E-state index contributed by atoms with van der Waals surface area (Å²) in [6, 6.07) is 6.64. The number of hydrogen-bond acceptors (Lipinski definition) is 6. The van der Waals surface area contributed by atoms with Crippen LogP contribution in [0, 0.1) is 29.6 Å². The molecule has 0 fully saturated rings. The summed E-state index contributed by atoms with van der Waals surface area (Å²) in [5.74, 6) is 5.63. The molecule has 1 aromatic carbocycles. The van der Waals surface area contributed by atoms with E-state index >= 15 is 0 Å². The van der Waals surface area contributed by atoms with Crippen molar-refractivity contribution in [3.63, 3.8) is 0 Å². The second-order valence-corrected chi connectivity index (χ2v) is 15.9. The fourth-order valence-electron chi connectivity index (χ4n) is 8.99. The van der Waals surface area contributed by atoms with Crippen molar-refractivity contribution in [1.29, 1.82) is 0 Å². The molecule has 0 amide bonds.